The van der Waals surface area contributed by atoms with Crippen LogP contribution in [-0.2, 0) is 4.74 Å². The molecule has 0 amide bonds. The van der Waals surface area contributed by atoms with Crippen LogP contribution in [0.5, 0.6) is 0 Å². The molecule has 0 radical (unpaired) electrons. The first-order valence-corrected chi connectivity index (χ1v) is 6.23. The number of aryl methyl sites for hydroxylation is 1. The molecule has 0 saturated carbocycles. The molecule has 0 saturated heterocycles. The molecule has 100 valence electrons. The van der Waals surface area contributed by atoms with E-state index in [1.54, 1.807) is 19.2 Å². The lowest BCUT2D eigenvalue weighted by molar-refractivity contribution is 0.0791. The van der Waals surface area contributed by atoms with E-state index >= 15 is 0 Å². The lowest BCUT2D eigenvalue weighted by atomic mass is 9.95. The van der Waals surface area contributed by atoms with Gasteiger partial charge in [-0.05, 0) is 18.6 Å². The van der Waals surface area contributed by atoms with Crippen molar-refractivity contribution in [2.75, 3.05) is 7.11 Å². The predicted octanol–water partition coefficient (Wildman–Crippen LogP) is 3.52. The number of ether oxygens (including phenoxy) is 1. The number of hydrogen-bond acceptors (Lipinski definition) is 2. The molecule has 0 spiro atoms. The first-order valence-electron chi connectivity index (χ1n) is 6.23. The smallest absolute Gasteiger partial charge is 0.128 e. The van der Waals surface area contributed by atoms with Gasteiger partial charge in [0.15, 0.2) is 0 Å². The largest absolute Gasteiger partial charge is 0.375 e. The van der Waals surface area contributed by atoms with Gasteiger partial charge in [-0.2, -0.15) is 0 Å². The van der Waals surface area contributed by atoms with E-state index in [-0.39, 0.29) is 11.9 Å². The van der Waals surface area contributed by atoms with Gasteiger partial charge in [-0.15, -0.1) is 0 Å². The second kappa shape index (κ2) is 5.95. The number of rotatable bonds is 4. The zero-order valence-corrected chi connectivity index (χ0v) is 11.1. The Kier molecular flexibility index (Phi) is 4.30. The van der Waals surface area contributed by atoms with E-state index in [1.165, 1.54) is 6.07 Å². The Hall–Kier alpha value is -1.71. The van der Waals surface area contributed by atoms with Crippen molar-refractivity contribution in [2.45, 2.75) is 19.1 Å². The van der Waals surface area contributed by atoms with E-state index in [2.05, 4.69) is 0 Å². The number of benzene rings is 2. The molecule has 2 rings (SSSR count). The molecule has 0 aromatic heterocycles. The van der Waals surface area contributed by atoms with Crippen molar-refractivity contribution in [3.05, 3.63) is 71.0 Å². The van der Waals surface area contributed by atoms with E-state index in [1.807, 2.05) is 37.3 Å². The van der Waals surface area contributed by atoms with Crippen LogP contribution in [0, 0.1) is 12.7 Å². The molecular weight excluding hydrogens is 241 g/mol. The van der Waals surface area contributed by atoms with Crippen LogP contribution >= 0.6 is 0 Å². The molecule has 2 N–H and O–H groups in total. The maximum absolute atomic E-state index is 13.9. The lowest BCUT2D eigenvalue weighted by Gasteiger charge is -2.24. The molecule has 2 atom stereocenters. The fraction of sp³-hybridized carbons (Fsp3) is 0.250. The lowest BCUT2D eigenvalue weighted by Crippen LogP contribution is -2.22. The Morgan fingerprint density at radius 1 is 1.11 bits per heavy atom. The van der Waals surface area contributed by atoms with Crippen LogP contribution in [0.3, 0.4) is 0 Å². The number of halogens is 1. The summed E-state index contributed by atoms with van der Waals surface area (Å²) in [7, 11) is 1.59. The standard InChI is InChI=1S/C16H18FNO/c1-11-8-9-14(17)13(10-11)15(18)16(19-2)12-6-4-3-5-7-12/h3-10,15-16H,18H2,1-2H3. The van der Waals surface area contributed by atoms with Crippen LogP contribution in [0.2, 0.25) is 0 Å². The minimum Gasteiger partial charge on any atom is -0.375 e. The summed E-state index contributed by atoms with van der Waals surface area (Å²) >= 11 is 0. The van der Waals surface area contributed by atoms with E-state index in [0.717, 1.165) is 11.1 Å². The van der Waals surface area contributed by atoms with Gasteiger partial charge in [-0.25, -0.2) is 4.39 Å². The minimum atomic E-state index is -0.535. The third-order valence-electron chi connectivity index (χ3n) is 3.22. The van der Waals surface area contributed by atoms with Gasteiger partial charge in [0.25, 0.3) is 0 Å². The van der Waals surface area contributed by atoms with E-state index in [9.17, 15) is 4.39 Å². The normalized spacial score (nSPS) is 14.1. The average molecular weight is 259 g/mol. The second-order valence-corrected chi connectivity index (χ2v) is 4.62. The topological polar surface area (TPSA) is 35.2 Å². The van der Waals surface area contributed by atoms with Crippen LogP contribution in [0.1, 0.15) is 28.8 Å². The van der Waals surface area contributed by atoms with Crippen molar-refractivity contribution >= 4 is 0 Å². The van der Waals surface area contributed by atoms with Gasteiger partial charge in [0, 0.05) is 12.7 Å². The molecule has 0 bridgehead atoms. The van der Waals surface area contributed by atoms with E-state index in [4.69, 9.17) is 10.5 Å². The number of methoxy groups -OCH3 is 1. The first-order chi connectivity index (χ1) is 9.13. The quantitative estimate of drug-likeness (QED) is 0.911. The molecule has 0 aliphatic carbocycles. The van der Waals surface area contributed by atoms with Crippen molar-refractivity contribution in [3.63, 3.8) is 0 Å². The summed E-state index contributed by atoms with van der Waals surface area (Å²) in [5, 5.41) is 0. The van der Waals surface area contributed by atoms with Crippen molar-refractivity contribution in [3.8, 4) is 0 Å². The van der Waals surface area contributed by atoms with Gasteiger partial charge in [0.05, 0.1) is 6.04 Å². The van der Waals surface area contributed by atoms with E-state index < -0.39 is 6.04 Å². The molecular formula is C16H18FNO. The summed E-state index contributed by atoms with van der Waals surface area (Å²) in [4.78, 5) is 0. The molecule has 0 fully saturated rings. The summed E-state index contributed by atoms with van der Waals surface area (Å²) in [5.41, 5.74) is 8.59. The average Bonchev–Trinajstić information content (AvgIpc) is 2.43. The minimum absolute atomic E-state index is 0.295. The van der Waals surface area contributed by atoms with Gasteiger partial charge < -0.3 is 10.5 Å². The third kappa shape index (κ3) is 3.00. The highest BCUT2D eigenvalue weighted by molar-refractivity contribution is 5.30. The Bertz CT molecular complexity index is 542. The van der Waals surface area contributed by atoms with Gasteiger partial charge >= 0.3 is 0 Å². The van der Waals surface area contributed by atoms with Crippen molar-refractivity contribution in [1.29, 1.82) is 0 Å². The monoisotopic (exact) mass is 259 g/mol. The molecule has 0 heterocycles. The summed E-state index contributed by atoms with van der Waals surface area (Å²) in [6.45, 7) is 1.92. The number of nitrogens with two attached hydrogens (primary N) is 1. The molecule has 3 heteroatoms. The van der Waals surface area contributed by atoms with Crippen LogP contribution in [0.25, 0.3) is 0 Å². The van der Waals surface area contributed by atoms with Crippen molar-refractivity contribution in [1.82, 2.24) is 0 Å². The molecule has 0 aliphatic heterocycles. The summed E-state index contributed by atoms with van der Waals surface area (Å²) in [6, 6.07) is 14.0. The van der Waals surface area contributed by atoms with Gasteiger partial charge in [0.1, 0.15) is 11.9 Å². The highest BCUT2D eigenvalue weighted by Crippen LogP contribution is 2.31. The third-order valence-corrected chi connectivity index (χ3v) is 3.22. The zero-order valence-electron chi connectivity index (χ0n) is 11.1. The second-order valence-electron chi connectivity index (χ2n) is 4.62. The molecule has 2 nitrogen and oxygen atoms in total. The number of hydrogen-bond donors (Lipinski definition) is 1. The Morgan fingerprint density at radius 2 is 1.79 bits per heavy atom. The molecule has 0 aliphatic rings. The van der Waals surface area contributed by atoms with Crippen molar-refractivity contribution in [2.24, 2.45) is 5.73 Å². The predicted molar refractivity (Wildman–Crippen MR) is 74.3 cm³/mol. The van der Waals surface area contributed by atoms with Crippen LogP contribution in [0.4, 0.5) is 4.39 Å². The molecule has 2 unspecified atom stereocenters. The highest BCUT2D eigenvalue weighted by Gasteiger charge is 2.23. The fourth-order valence-corrected chi connectivity index (χ4v) is 2.21. The van der Waals surface area contributed by atoms with Crippen molar-refractivity contribution < 1.29 is 9.13 Å². The SMILES string of the molecule is COC(c1ccccc1)C(N)c1cc(C)ccc1F. The van der Waals surface area contributed by atoms with Crippen LogP contribution in [0.15, 0.2) is 48.5 Å². The Balaban J connectivity index is 2.36. The Morgan fingerprint density at radius 3 is 2.42 bits per heavy atom. The highest BCUT2D eigenvalue weighted by atomic mass is 19.1. The van der Waals surface area contributed by atoms with Gasteiger partial charge in [-0.3, -0.25) is 0 Å². The van der Waals surface area contributed by atoms with E-state index in [0.29, 0.717) is 5.56 Å². The zero-order chi connectivity index (χ0) is 13.8. The van der Waals surface area contributed by atoms with Crippen LogP contribution in [-0.4, -0.2) is 7.11 Å². The molecule has 19 heavy (non-hydrogen) atoms. The summed E-state index contributed by atoms with van der Waals surface area (Å²) < 4.78 is 19.4. The van der Waals surface area contributed by atoms with Crippen LogP contribution < -0.4 is 5.73 Å². The Labute approximate surface area is 113 Å². The van der Waals surface area contributed by atoms with Gasteiger partial charge in [-0.1, -0.05) is 48.0 Å². The maximum Gasteiger partial charge on any atom is 0.128 e. The maximum atomic E-state index is 13.9. The molecule has 2 aromatic carbocycles. The van der Waals surface area contributed by atoms with Gasteiger partial charge in [0.2, 0.25) is 0 Å². The summed E-state index contributed by atoms with van der Waals surface area (Å²) in [6.07, 6.45) is -0.363. The molecule has 2 aromatic rings. The summed E-state index contributed by atoms with van der Waals surface area (Å²) in [5.74, 6) is -0.295. The first kappa shape index (κ1) is 13.7. The fourth-order valence-electron chi connectivity index (χ4n) is 2.21.